The molecular formula is C19H25N2+. The Morgan fingerprint density at radius 2 is 2.19 bits per heavy atom. The van der Waals surface area contributed by atoms with Gasteiger partial charge in [-0.05, 0) is 30.9 Å². The standard InChI is InChI=1S/C19H25N2/c1-2-19-9-5-10-21(13-19)11-8-15-14-6-3-4-7-16(14)20-18(15)17(21)12-19/h3-4,6-7,17,20H,2,5,8-13H2,1H3/q+1/t17?,19-,21?/m1/s1. The van der Waals surface area contributed by atoms with Crippen molar-refractivity contribution in [1.82, 2.24) is 4.98 Å². The van der Waals surface area contributed by atoms with Gasteiger partial charge in [0.1, 0.15) is 6.04 Å². The summed E-state index contributed by atoms with van der Waals surface area (Å²) in [6, 6.07) is 9.67. The van der Waals surface area contributed by atoms with Gasteiger partial charge in [0.2, 0.25) is 0 Å². The highest BCUT2D eigenvalue weighted by Gasteiger charge is 2.59. The number of hydrogen-bond acceptors (Lipinski definition) is 0. The molecule has 0 saturated carbocycles. The Kier molecular flexibility index (Phi) is 2.29. The van der Waals surface area contributed by atoms with Gasteiger partial charge in [-0.3, -0.25) is 0 Å². The first-order valence-electron chi connectivity index (χ1n) is 8.71. The fourth-order valence-electron chi connectivity index (χ4n) is 5.90. The van der Waals surface area contributed by atoms with E-state index in [1.54, 1.807) is 11.3 Å². The van der Waals surface area contributed by atoms with E-state index in [-0.39, 0.29) is 0 Å². The van der Waals surface area contributed by atoms with E-state index in [0.717, 1.165) is 6.04 Å². The molecule has 0 aliphatic carbocycles. The normalized spacial score (nSPS) is 37.5. The van der Waals surface area contributed by atoms with Gasteiger partial charge in [0.25, 0.3) is 0 Å². The molecule has 0 amide bonds. The van der Waals surface area contributed by atoms with E-state index in [4.69, 9.17) is 0 Å². The zero-order valence-corrected chi connectivity index (χ0v) is 13.0. The molecule has 110 valence electrons. The molecular weight excluding hydrogens is 256 g/mol. The number of quaternary nitrogens is 1. The topological polar surface area (TPSA) is 15.8 Å². The van der Waals surface area contributed by atoms with Gasteiger partial charge in [-0.15, -0.1) is 0 Å². The fraction of sp³-hybridized carbons (Fsp3) is 0.579. The molecule has 2 aromatic rings. The number of piperidine rings is 1. The van der Waals surface area contributed by atoms with Crippen molar-refractivity contribution in [1.29, 1.82) is 0 Å². The molecule has 1 spiro atoms. The molecule has 1 aromatic carbocycles. The Balaban J connectivity index is 1.70. The van der Waals surface area contributed by atoms with Crippen molar-refractivity contribution < 1.29 is 4.48 Å². The maximum atomic E-state index is 3.82. The Morgan fingerprint density at radius 3 is 3.10 bits per heavy atom. The molecule has 21 heavy (non-hydrogen) atoms. The van der Waals surface area contributed by atoms with Crippen LogP contribution in [0.3, 0.4) is 0 Å². The van der Waals surface area contributed by atoms with Crippen LogP contribution in [0.2, 0.25) is 0 Å². The summed E-state index contributed by atoms with van der Waals surface area (Å²) >= 11 is 0. The van der Waals surface area contributed by atoms with Crippen molar-refractivity contribution in [3.05, 3.63) is 35.5 Å². The van der Waals surface area contributed by atoms with Crippen molar-refractivity contribution in [2.75, 3.05) is 19.6 Å². The smallest absolute Gasteiger partial charge is 0.131 e. The second kappa shape index (κ2) is 3.92. The van der Waals surface area contributed by atoms with E-state index >= 15 is 0 Å². The van der Waals surface area contributed by atoms with Crippen LogP contribution in [0.1, 0.15) is 49.9 Å². The number of benzene rings is 1. The molecule has 5 rings (SSSR count). The number of nitrogens with one attached hydrogen (secondary N) is 1. The minimum Gasteiger partial charge on any atom is -0.353 e. The lowest BCUT2D eigenvalue weighted by atomic mass is 9.77. The summed E-state index contributed by atoms with van der Waals surface area (Å²) < 4.78 is 1.40. The summed E-state index contributed by atoms with van der Waals surface area (Å²) in [5, 5.41) is 1.48. The number of aromatic nitrogens is 1. The van der Waals surface area contributed by atoms with Crippen LogP contribution < -0.4 is 0 Å². The van der Waals surface area contributed by atoms with Crippen molar-refractivity contribution in [3.63, 3.8) is 0 Å². The average Bonchev–Trinajstić information content (AvgIpc) is 3.00. The lowest BCUT2D eigenvalue weighted by Crippen LogP contribution is -2.54. The van der Waals surface area contributed by atoms with Crippen molar-refractivity contribution >= 4 is 10.9 Å². The van der Waals surface area contributed by atoms with Crippen LogP contribution in [0.15, 0.2) is 24.3 Å². The highest BCUT2D eigenvalue weighted by Crippen LogP contribution is 2.57. The van der Waals surface area contributed by atoms with Crippen molar-refractivity contribution in [2.45, 2.75) is 45.1 Å². The van der Waals surface area contributed by atoms with E-state index in [0.29, 0.717) is 5.41 Å². The Bertz CT molecular complexity index is 715. The molecule has 2 unspecified atom stereocenters. The van der Waals surface area contributed by atoms with Gasteiger partial charge in [-0.25, -0.2) is 0 Å². The third kappa shape index (κ3) is 1.47. The molecule has 3 aliphatic heterocycles. The lowest BCUT2D eigenvalue weighted by Gasteiger charge is -2.46. The van der Waals surface area contributed by atoms with Crippen LogP contribution in [-0.2, 0) is 6.42 Å². The summed E-state index contributed by atoms with van der Waals surface area (Å²) in [5.41, 5.74) is 5.23. The minimum atomic E-state index is 0.641. The van der Waals surface area contributed by atoms with Crippen molar-refractivity contribution in [2.24, 2.45) is 5.41 Å². The number of aromatic amines is 1. The predicted octanol–water partition coefficient (Wildman–Crippen LogP) is 4.18. The second-order valence-electron chi connectivity index (χ2n) is 7.81. The molecule has 2 nitrogen and oxygen atoms in total. The Morgan fingerprint density at radius 1 is 1.29 bits per heavy atom. The summed E-state index contributed by atoms with van der Waals surface area (Å²) in [5.74, 6) is 0. The molecule has 1 N–H and O–H groups in total. The minimum absolute atomic E-state index is 0.641. The maximum Gasteiger partial charge on any atom is 0.131 e. The van der Waals surface area contributed by atoms with Gasteiger partial charge in [0.05, 0.1) is 25.3 Å². The maximum absolute atomic E-state index is 3.82. The van der Waals surface area contributed by atoms with Crippen LogP contribution >= 0.6 is 0 Å². The molecule has 2 saturated heterocycles. The third-order valence-electron chi connectivity index (χ3n) is 6.99. The van der Waals surface area contributed by atoms with Gasteiger partial charge in [-0.1, -0.05) is 25.1 Å². The zero-order valence-electron chi connectivity index (χ0n) is 13.0. The van der Waals surface area contributed by atoms with Crippen LogP contribution in [0, 0.1) is 5.41 Å². The number of rotatable bonds is 1. The summed E-state index contributed by atoms with van der Waals surface area (Å²) in [7, 11) is 0. The first-order valence-corrected chi connectivity index (χ1v) is 8.71. The van der Waals surface area contributed by atoms with Gasteiger partial charge in [0, 0.05) is 29.2 Å². The number of nitrogens with zero attached hydrogens (tertiary/aromatic N) is 1. The summed E-state index contributed by atoms with van der Waals surface area (Å²) in [6.45, 7) is 6.66. The Hall–Kier alpha value is -1.28. The number of hydrogen-bond donors (Lipinski definition) is 1. The molecule has 2 bridgehead atoms. The van der Waals surface area contributed by atoms with Gasteiger partial charge >= 0.3 is 0 Å². The zero-order chi connectivity index (χ0) is 14.1. The van der Waals surface area contributed by atoms with E-state index in [1.807, 2.05) is 0 Å². The lowest BCUT2D eigenvalue weighted by molar-refractivity contribution is -0.953. The SMILES string of the molecule is CC[C@@]12CCC[N+]3(CCc4c([nH]c5ccccc45)C3C1)C2. The summed E-state index contributed by atoms with van der Waals surface area (Å²) in [4.78, 5) is 3.82. The molecule has 0 radical (unpaired) electrons. The highest BCUT2D eigenvalue weighted by atomic mass is 15.4. The molecule has 2 heteroatoms. The van der Waals surface area contributed by atoms with E-state index in [1.165, 1.54) is 67.1 Å². The highest BCUT2D eigenvalue weighted by molar-refractivity contribution is 5.85. The third-order valence-corrected chi connectivity index (χ3v) is 6.99. The quantitative estimate of drug-likeness (QED) is 0.755. The summed E-state index contributed by atoms with van der Waals surface area (Å²) in [6.07, 6.45) is 6.98. The van der Waals surface area contributed by atoms with Gasteiger partial charge < -0.3 is 9.47 Å². The number of para-hydroxylation sites is 1. The molecule has 4 heterocycles. The number of fused-ring (bicyclic) bond motifs is 5. The molecule has 2 fully saturated rings. The first kappa shape index (κ1) is 12.3. The van der Waals surface area contributed by atoms with Crippen molar-refractivity contribution in [3.8, 4) is 0 Å². The van der Waals surface area contributed by atoms with Crippen LogP contribution in [0.4, 0.5) is 0 Å². The molecule has 1 aromatic heterocycles. The van der Waals surface area contributed by atoms with E-state index in [2.05, 4.69) is 36.2 Å². The van der Waals surface area contributed by atoms with Crippen LogP contribution in [-0.4, -0.2) is 29.1 Å². The van der Waals surface area contributed by atoms with E-state index in [9.17, 15) is 0 Å². The molecule has 3 atom stereocenters. The van der Waals surface area contributed by atoms with Crippen LogP contribution in [0.5, 0.6) is 0 Å². The number of H-pyrrole nitrogens is 1. The Labute approximate surface area is 126 Å². The van der Waals surface area contributed by atoms with Gasteiger partial charge in [0.15, 0.2) is 0 Å². The van der Waals surface area contributed by atoms with Crippen LogP contribution in [0.25, 0.3) is 10.9 Å². The predicted molar refractivity (Wildman–Crippen MR) is 86.2 cm³/mol. The first-order chi connectivity index (χ1) is 10.3. The fourth-order valence-corrected chi connectivity index (χ4v) is 5.90. The largest absolute Gasteiger partial charge is 0.353 e. The average molecular weight is 281 g/mol. The second-order valence-corrected chi connectivity index (χ2v) is 7.81. The monoisotopic (exact) mass is 281 g/mol. The van der Waals surface area contributed by atoms with E-state index < -0.39 is 0 Å². The van der Waals surface area contributed by atoms with Gasteiger partial charge in [-0.2, -0.15) is 0 Å². The molecule has 3 aliphatic rings.